The maximum absolute atomic E-state index is 12.7. The van der Waals surface area contributed by atoms with Crippen molar-refractivity contribution in [3.63, 3.8) is 0 Å². The van der Waals surface area contributed by atoms with E-state index in [9.17, 15) is 14.4 Å². The summed E-state index contributed by atoms with van der Waals surface area (Å²) in [4.78, 5) is 39.9. The summed E-state index contributed by atoms with van der Waals surface area (Å²) in [5.41, 5.74) is 2.43. The second-order valence-corrected chi connectivity index (χ2v) is 6.76. The van der Waals surface area contributed by atoms with Crippen LogP contribution in [0.1, 0.15) is 36.1 Å². The van der Waals surface area contributed by atoms with E-state index in [4.69, 9.17) is 4.74 Å². The van der Waals surface area contributed by atoms with Crippen LogP contribution in [0.2, 0.25) is 0 Å². The fourth-order valence-electron chi connectivity index (χ4n) is 3.75. The molecular formula is C20H20N4O4. The van der Waals surface area contributed by atoms with Gasteiger partial charge in [-0.25, -0.2) is 4.68 Å². The van der Waals surface area contributed by atoms with Gasteiger partial charge >= 0.3 is 5.97 Å². The van der Waals surface area contributed by atoms with Gasteiger partial charge in [-0.15, -0.1) is 0 Å². The van der Waals surface area contributed by atoms with Gasteiger partial charge in [-0.05, 0) is 31.4 Å². The predicted molar refractivity (Wildman–Crippen MR) is 103 cm³/mol. The number of H-pyrrole nitrogens is 1. The summed E-state index contributed by atoms with van der Waals surface area (Å²) in [6.07, 6.45) is 0.139. The average molecular weight is 380 g/mol. The number of hydrogen-bond donors (Lipinski definition) is 2. The van der Waals surface area contributed by atoms with E-state index in [0.29, 0.717) is 17.1 Å². The Morgan fingerprint density at radius 2 is 2.11 bits per heavy atom. The molecule has 1 amide bonds. The highest BCUT2D eigenvalue weighted by molar-refractivity contribution is 5.95. The van der Waals surface area contributed by atoms with Gasteiger partial charge in [-0.1, -0.05) is 18.2 Å². The maximum atomic E-state index is 12.7. The molecule has 3 heterocycles. The molecule has 0 bridgehead atoms. The molecule has 0 saturated carbocycles. The summed E-state index contributed by atoms with van der Waals surface area (Å²) in [5.74, 6) is -0.657. The maximum Gasteiger partial charge on any atom is 0.327 e. The fourth-order valence-corrected chi connectivity index (χ4v) is 3.75. The van der Waals surface area contributed by atoms with E-state index in [1.54, 1.807) is 13.8 Å². The summed E-state index contributed by atoms with van der Waals surface area (Å²) >= 11 is 0. The Balaban J connectivity index is 1.82. The number of esters is 1. The lowest BCUT2D eigenvalue weighted by Gasteiger charge is -2.24. The van der Waals surface area contributed by atoms with Crippen molar-refractivity contribution in [3.8, 4) is 0 Å². The highest BCUT2D eigenvalue weighted by Gasteiger charge is 2.34. The standard InChI is InChI=1S/C20H20N4O4/c1-3-28-17(26)10-24-19-18(11(2)23-24)13(9-16(25)22-19)14-8-12-6-4-5-7-15(12)21-20(14)27/h4-8,13H,3,9-10H2,1-2H3,(H,21,27)(H,22,25). The summed E-state index contributed by atoms with van der Waals surface area (Å²) in [6, 6.07) is 9.32. The number of aryl methyl sites for hydroxylation is 1. The molecule has 8 heteroatoms. The van der Waals surface area contributed by atoms with Crippen molar-refractivity contribution in [1.29, 1.82) is 0 Å². The molecule has 0 spiro atoms. The van der Waals surface area contributed by atoms with Crippen LogP contribution in [-0.2, 0) is 20.9 Å². The Bertz CT molecular complexity index is 1140. The zero-order valence-electron chi connectivity index (χ0n) is 15.6. The number of fused-ring (bicyclic) bond motifs is 2. The lowest BCUT2D eigenvalue weighted by molar-refractivity contribution is -0.144. The first-order valence-electron chi connectivity index (χ1n) is 9.12. The molecule has 0 aliphatic carbocycles. The molecule has 1 aliphatic rings. The van der Waals surface area contributed by atoms with Crippen LogP contribution in [0.15, 0.2) is 35.1 Å². The first kappa shape index (κ1) is 18.0. The van der Waals surface area contributed by atoms with E-state index in [2.05, 4.69) is 15.4 Å². The number of benzene rings is 1. The van der Waals surface area contributed by atoms with Gasteiger partial charge in [0.25, 0.3) is 5.56 Å². The zero-order chi connectivity index (χ0) is 19.8. The van der Waals surface area contributed by atoms with Gasteiger partial charge in [0, 0.05) is 29.0 Å². The third kappa shape index (κ3) is 3.06. The van der Waals surface area contributed by atoms with Crippen LogP contribution < -0.4 is 10.9 Å². The molecule has 1 aromatic carbocycles. The Morgan fingerprint density at radius 3 is 2.89 bits per heavy atom. The van der Waals surface area contributed by atoms with Crippen molar-refractivity contribution in [2.45, 2.75) is 32.7 Å². The number of para-hydroxylation sites is 1. The van der Waals surface area contributed by atoms with Gasteiger partial charge in [0.2, 0.25) is 5.91 Å². The fraction of sp³-hybridized carbons (Fsp3) is 0.300. The Labute approximate surface area is 160 Å². The predicted octanol–water partition coefficient (Wildman–Crippen LogP) is 2.07. The van der Waals surface area contributed by atoms with Gasteiger partial charge in [0.05, 0.1) is 12.3 Å². The molecule has 8 nitrogen and oxygen atoms in total. The van der Waals surface area contributed by atoms with Crippen molar-refractivity contribution in [1.82, 2.24) is 14.8 Å². The highest BCUT2D eigenvalue weighted by Crippen LogP contribution is 2.38. The van der Waals surface area contributed by atoms with Crippen LogP contribution in [0.25, 0.3) is 10.9 Å². The Kier molecular flexibility index (Phi) is 4.46. The number of carbonyl (C=O) groups is 2. The number of aromatic nitrogens is 3. The number of pyridine rings is 1. The Hall–Kier alpha value is -3.42. The van der Waals surface area contributed by atoms with E-state index >= 15 is 0 Å². The summed E-state index contributed by atoms with van der Waals surface area (Å²) in [5, 5.41) is 8.09. The highest BCUT2D eigenvalue weighted by atomic mass is 16.5. The number of amides is 1. The number of nitrogens with one attached hydrogen (secondary N) is 2. The molecule has 2 aromatic heterocycles. The van der Waals surface area contributed by atoms with Gasteiger partial charge in [-0.3, -0.25) is 14.4 Å². The molecule has 3 aromatic rings. The van der Waals surface area contributed by atoms with Gasteiger partial charge < -0.3 is 15.0 Å². The van der Waals surface area contributed by atoms with Crippen LogP contribution in [0, 0.1) is 6.92 Å². The molecule has 1 atom stereocenters. The number of aromatic amines is 1. The second kappa shape index (κ2) is 6.95. The number of rotatable bonds is 4. The van der Waals surface area contributed by atoms with Crippen LogP contribution >= 0.6 is 0 Å². The number of ether oxygens (including phenoxy) is 1. The number of anilines is 1. The van der Waals surface area contributed by atoms with Crippen molar-refractivity contribution < 1.29 is 14.3 Å². The lowest BCUT2D eigenvalue weighted by Crippen LogP contribution is -2.29. The second-order valence-electron chi connectivity index (χ2n) is 6.76. The van der Waals surface area contributed by atoms with Crippen LogP contribution in [0.5, 0.6) is 0 Å². The van der Waals surface area contributed by atoms with E-state index in [-0.39, 0.29) is 31.0 Å². The molecule has 28 heavy (non-hydrogen) atoms. The van der Waals surface area contributed by atoms with Crippen molar-refractivity contribution in [2.24, 2.45) is 0 Å². The molecular weight excluding hydrogens is 360 g/mol. The normalized spacial score (nSPS) is 15.9. The summed E-state index contributed by atoms with van der Waals surface area (Å²) in [7, 11) is 0. The molecule has 144 valence electrons. The monoisotopic (exact) mass is 380 g/mol. The van der Waals surface area contributed by atoms with Crippen molar-refractivity contribution >= 4 is 28.6 Å². The zero-order valence-corrected chi connectivity index (χ0v) is 15.6. The summed E-state index contributed by atoms with van der Waals surface area (Å²) < 4.78 is 6.42. The smallest absolute Gasteiger partial charge is 0.327 e. The minimum atomic E-state index is -0.437. The van der Waals surface area contributed by atoms with E-state index in [1.165, 1.54) is 4.68 Å². The summed E-state index contributed by atoms with van der Waals surface area (Å²) in [6.45, 7) is 3.69. The first-order valence-corrected chi connectivity index (χ1v) is 9.12. The van der Waals surface area contributed by atoms with E-state index in [1.807, 2.05) is 30.3 Å². The third-order valence-electron chi connectivity index (χ3n) is 4.91. The van der Waals surface area contributed by atoms with Crippen molar-refractivity contribution in [3.05, 3.63) is 57.5 Å². The molecule has 0 radical (unpaired) electrons. The third-order valence-corrected chi connectivity index (χ3v) is 4.91. The van der Waals surface area contributed by atoms with Crippen LogP contribution in [0.4, 0.5) is 5.82 Å². The molecule has 1 aliphatic heterocycles. The lowest BCUT2D eigenvalue weighted by atomic mass is 9.86. The molecule has 0 fully saturated rings. The molecule has 1 unspecified atom stereocenters. The van der Waals surface area contributed by atoms with E-state index < -0.39 is 11.9 Å². The number of nitrogens with zero attached hydrogens (tertiary/aromatic N) is 2. The van der Waals surface area contributed by atoms with E-state index in [0.717, 1.165) is 16.5 Å². The largest absolute Gasteiger partial charge is 0.465 e. The average Bonchev–Trinajstić information content (AvgIpc) is 2.96. The minimum absolute atomic E-state index is 0.106. The number of hydrogen-bond acceptors (Lipinski definition) is 5. The van der Waals surface area contributed by atoms with Gasteiger partial charge in [-0.2, -0.15) is 5.10 Å². The molecule has 2 N–H and O–H groups in total. The van der Waals surface area contributed by atoms with Gasteiger partial charge in [0.15, 0.2) is 0 Å². The molecule has 4 rings (SSSR count). The Morgan fingerprint density at radius 1 is 1.32 bits per heavy atom. The number of carbonyl (C=O) groups excluding carboxylic acids is 2. The molecule has 0 saturated heterocycles. The van der Waals surface area contributed by atoms with Gasteiger partial charge in [0.1, 0.15) is 12.4 Å². The topological polar surface area (TPSA) is 106 Å². The quantitative estimate of drug-likeness (QED) is 0.674. The van der Waals surface area contributed by atoms with Crippen molar-refractivity contribution in [2.75, 3.05) is 11.9 Å². The first-order chi connectivity index (χ1) is 13.5. The van der Waals surface area contributed by atoms with Crippen LogP contribution in [-0.4, -0.2) is 33.2 Å². The SMILES string of the molecule is CCOC(=O)Cn1nc(C)c2c1NC(=O)CC2c1cc2ccccc2[nH]c1=O. The minimum Gasteiger partial charge on any atom is -0.465 e. The van der Waals surface area contributed by atoms with Crippen LogP contribution in [0.3, 0.4) is 0 Å².